The second-order valence-electron chi connectivity index (χ2n) is 9.65. The Morgan fingerprint density at radius 3 is 2.41 bits per heavy atom. The predicted octanol–water partition coefficient (Wildman–Crippen LogP) is 4.30. The summed E-state index contributed by atoms with van der Waals surface area (Å²) in [6.45, 7) is 14.3. The number of morpholine rings is 1. The van der Waals surface area contributed by atoms with Gasteiger partial charge in [0.25, 0.3) is 10.0 Å². The van der Waals surface area contributed by atoms with Crippen LogP contribution in [0.4, 0.5) is 5.69 Å². The van der Waals surface area contributed by atoms with Gasteiger partial charge in [0.2, 0.25) is 0 Å². The maximum Gasteiger partial charge on any atom is 0.264 e. The number of hydrogen-bond acceptors (Lipinski definition) is 5. The van der Waals surface area contributed by atoms with Crippen molar-refractivity contribution < 1.29 is 17.9 Å². The van der Waals surface area contributed by atoms with Crippen LogP contribution in [0, 0.1) is 19.8 Å². The van der Waals surface area contributed by atoms with Crippen LogP contribution >= 0.6 is 0 Å². The van der Waals surface area contributed by atoms with E-state index in [1.54, 1.807) is 24.3 Å². The van der Waals surface area contributed by atoms with Crippen LogP contribution in [-0.4, -0.2) is 46.4 Å². The van der Waals surface area contributed by atoms with E-state index in [4.69, 9.17) is 9.47 Å². The Balaban J connectivity index is 1.74. The first-order valence-corrected chi connectivity index (χ1v) is 12.6. The van der Waals surface area contributed by atoms with Crippen LogP contribution in [-0.2, 0) is 14.8 Å². The van der Waals surface area contributed by atoms with Crippen molar-refractivity contribution in [1.82, 2.24) is 5.32 Å². The summed E-state index contributed by atoms with van der Waals surface area (Å²) in [7, 11) is -3.70. The minimum Gasteiger partial charge on any atom is -0.492 e. The zero-order chi connectivity index (χ0) is 23.5. The Morgan fingerprint density at radius 1 is 1.16 bits per heavy atom. The highest BCUT2D eigenvalue weighted by atomic mass is 32.2. The van der Waals surface area contributed by atoms with E-state index in [0.29, 0.717) is 25.5 Å². The van der Waals surface area contributed by atoms with Gasteiger partial charge in [0.1, 0.15) is 12.4 Å². The molecule has 6 nitrogen and oxygen atoms in total. The molecule has 1 aliphatic heterocycles. The monoisotopic (exact) mass is 460 g/mol. The number of anilines is 1. The van der Waals surface area contributed by atoms with E-state index in [1.807, 2.05) is 45.9 Å². The molecule has 2 aromatic carbocycles. The first-order chi connectivity index (χ1) is 15.0. The second kappa shape index (κ2) is 9.81. The highest BCUT2D eigenvalue weighted by molar-refractivity contribution is 7.92. The van der Waals surface area contributed by atoms with E-state index in [-0.39, 0.29) is 22.5 Å². The third-order valence-corrected chi connectivity index (χ3v) is 7.30. The first-order valence-electron chi connectivity index (χ1n) is 11.2. The van der Waals surface area contributed by atoms with Crippen LogP contribution in [0.3, 0.4) is 0 Å². The van der Waals surface area contributed by atoms with Crippen LogP contribution in [0.1, 0.15) is 38.8 Å². The van der Waals surface area contributed by atoms with Crippen molar-refractivity contribution in [3.05, 3.63) is 53.6 Å². The summed E-state index contributed by atoms with van der Waals surface area (Å²) in [5.41, 5.74) is 2.61. The molecule has 1 atom stereocenters. The van der Waals surface area contributed by atoms with Crippen LogP contribution in [0.25, 0.3) is 0 Å². The maximum atomic E-state index is 13.5. The number of ether oxygens (including phenoxy) is 2. The Kier molecular flexibility index (Phi) is 7.53. The normalized spacial score (nSPS) is 18.5. The highest BCUT2D eigenvalue weighted by Crippen LogP contribution is 2.29. The number of benzene rings is 2. The SMILES string of the molecule is Cc1ccc(N(CC(C)C)S(=O)(=O)c2ccc(OCC3COC(C)(C)CN3)cc2)c(C)c1. The van der Waals surface area contributed by atoms with Crippen LogP contribution in [0.15, 0.2) is 47.4 Å². The molecule has 1 N–H and O–H groups in total. The number of nitrogens with zero attached hydrogens (tertiary/aromatic N) is 1. The molecular formula is C25H36N2O4S. The minimum atomic E-state index is -3.70. The van der Waals surface area contributed by atoms with Crippen molar-refractivity contribution in [2.24, 2.45) is 5.92 Å². The van der Waals surface area contributed by atoms with Gasteiger partial charge in [-0.15, -0.1) is 0 Å². The largest absolute Gasteiger partial charge is 0.492 e. The molecular weight excluding hydrogens is 424 g/mol. The molecule has 176 valence electrons. The summed E-state index contributed by atoms with van der Waals surface area (Å²) in [6, 6.07) is 12.6. The van der Waals surface area contributed by atoms with E-state index in [1.165, 1.54) is 4.31 Å². The van der Waals surface area contributed by atoms with E-state index in [2.05, 4.69) is 19.2 Å². The number of sulfonamides is 1. The average molecular weight is 461 g/mol. The van der Waals surface area contributed by atoms with Crippen molar-refractivity contribution in [2.75, 3.05) is 30.6 Å². The standard InChI is InChI=1S/C25H36N2O4S/c1-18(2)14-27(24-12-7-19(3)13-20(24)4)32(28,29)23-10-8-22(9-11-23)30-15-21-16-31-25(5,6)17-26-21/h7-13,18,21,26H,14-17H2,1-6H3. The Morgan fingerprint density at radius 2 is 1.84 bits per heavy atom. The van der Waals surface area contributed by atoms with Gasteiger partial charge >= 0.3 is 0 Å². The smallest absolute Gasteiger partial charge is 0.264 e. The van der Waals surface area contributed by atoms with Gasteiger partial charge in [0.15, 0.2) is 0 Å². The van der Waals surface area contributed by atoms with Gasteiger partial charge in [0, 0.05) is 13.1 Å². The number of aryl methyl sites for hydroxylation is 2. The second-order valence-corrected chi connectivity index (χ2v) is 11.5. The van der Waals surface area contributed by atoms with Crippen molar-refractivity contribution in [3.63, 3.8) is 0 Å². The molecule has 1 aliphatic rings. The quantitative estimate of drug-likeness (QED) is 0.636. The Labute approximate surface area is 193 Å². The van der Waals surface area contributed by atoms with E-state index in [0.717, 1.165) is 23.4 Å². The molecule has 1 unspecified atom stereocenters. The molecule has 2 aromatic rings. The van der Waals surface area contributed by atoms with E-state index < -0.39 is 10.0 Å². The van der Waals surface area contributed by atoms with Gasteiger partial charge in [-0.25, -0.2) is 8.42 Å². The first kappa shape index (κ1) is 24.6. The topological polar surface area (TPSA) is 67.9 Å². The Hall–Kier alpha value is -2.09. The van der Waals surface area contributed by atoms with E-state index >= 15 is 0 Å². The van der Waals surface area contributed by atoms with Crippen molar-refractivity contribution in [1.29, 1.82) is 0 Å². The molecule has 0 saturated carbocycles. The Bertz CT molecular complexity index is 1010. The lowest BCUT2D eigenvalue weighted by Gasteiger charge is -2.35. The molecule has 1 fully saturated rings. The third kappa shape index (κ3) is 6.03. The van der Waals surface area contributed by atoms with Gasteiger partial charge in [0.05, 0.1) is 28.8 Å². The van der Waals surface area contributed by atoms with Gasteiger partial charge in [-0.3, -0.25) is 4.31 Å². The molecule has 0 amide bonds. The van der Waals surface area contributed by atoms with Gasteiger partial charge in [-0.1, -0.05) is 31.5 Å². The summed E-state index contributed by atoms with van der Waals surface area (Å²) in [5, 5.41) is 3.42. The van der Waals surface area contributed by atoms with Crippen LogP contribution in [0.2, 0.25) is 0 Å². The zero-order valence-electron chi connectivity index (χ0n) is 20.0. The molecule has 0 spiro atoms. The van der Waals surface area contributed by atoms with Crippen molar-refractivity contribution in [3.8, 4) is 5.75 Å². The lowest BCUT2D eigenvalue weighted by molar-refractivity contribution is -0.0640. The van der Waals surface area contributed by atoms with Crippen molar-refractivity contribution >= 4 is 15.7 Å². The van der Waals surface area contributed by atoms with Gasteiger partial charge in [-0.2, -0.15) is 0 Å². The molecule has 0 bridgehead atoms. The summed E-state index contributed by atoms with van der Waals surface area (Å²) >= 11 is 0. The molecule has 1 heterocycles. The summed E-state index contributed by atoms with van der Waals surface area (Å²) in [4.78, 5) is 0.256. The summed E-state index contributed by atoms with van der Waals surface area (Å²) < 4.78 is 40.3. The number of hydrogen-bond donors (Lipinski definition) is 1. The fourth-order valence-electron chi connectivity index (χ4n) is 3.71. The van der Waals surface area contributed by atoms with Crippen LogP contribution in [0.5, 0.6) is 5.75 Å². The lowest BCUT2D eigenvalue weighted by atomic mass is 10.1. The maximum absolute atomic E-state index is 13.5. The lowest BCUT2D eigenvalue weighted by Crippen LogP contribution is -2.53. The van der Waals surface area contributed by atoms with Crippen LogP contribution < -0.4 is 14.4 Å². The number of nitrogens with one attached hydrogen (secondary N) is 1. The molecule has 0 radical (unpaired) electrons. The van der Waals surface area contributed by atoms with Crippen molar-refractivity contribution in [2.45, 2.75) is 58.1 Å². The van der Waals surface area contributed by atoms with Gasteiger partial charge in [-0.05, 0) is 69.5 Å². The molecule has 0 aliphatic carbocycles. The molecule has 32 heavy (non-hydrogen) atoms. The summed E-state index contributed by atoms with van der Waals surface area (Å²) in [5.74, 6) is 0.820. The molecule has 7 heteroatoms. The fourth-order valence-corrected chi connectivity index (χ4v) is 5.40. The molecule has 0 aromatic heterocycles. The predicted molar refractivity (Wildman–Crippen MR) is 129 cm³/mol. The number of rotatable bonds is 8. The summed E-state index contributed by atoms with van der Waals surface area (Å²) in [6.07, 6.45) is 0. The zero-order valence-corrected chi connectivity index (χ0v) is 20.8. The fraction of sp³-hybridized carbons (Fsp3) is 0.520. The highest BCUT2D eigenvalue weighted by Gasteiger charge is 2.28. The minimum absolute atomic E-state index is 0.109. The average Bonchev–Trinajstić information content (AvgIpc) is 2.72. The van der Waals surface area contributed by atoms with Gasteiger partial charge < -0.3 is 14.8 Å². The molecule has 3 rings (SSSR count). The van der Waals surface area contributed by atoms with E-state index in [9.17, 15) is 8.42 Å². The molecule has 1 saturated heterocycles. The third-order valence-electron chi connectivity index (χ3n) is 5.51.